The predicted octanol–water partition coefficient (Wildman–Crippen LogP) is 10.5. The van der Waals surface area contributed by atoms with Gasteiger partial charge in [-0.3, -0.25) is 0 Å². The van der Waals surface area contributed by atoms with E-state index in [1.165, 1.54) is 27.8 Å². The van der Waals surface area contributed by atoms with Crippen molar-refractivity contribution in [2.24, 2.45) is 0 Å². The number of hydrogen-bond donors (Lipinski definition) is 1. The van der Waals surface area contributed by atoms with Crippen LogP contribution in [0.3, 0.4) is 0 Å². The van der Waals surface area contributed by atoms with Crippen molar-refractivity contribution in [1.82, 2.24) is 0 Å². The number of alkyl halides is 3. The highest BCUT2D eigenvalue weighted by Crippen LogP contribution is 2.51. The number of anilines is 1. The largest absolute Gasteiger partial charge is 0.416 e. The Bertz CT molecular complexity index is 1940. The van der Waals surface area contributed by atoms with Crippen LogP contribution in [0.5, 0.6) is 0 Å². The van der Waals surface area contributed by atoms with Crippen molar-refractivity contribution in [2.45, 2.75) is 56.5 Å². The maximum Gasteiger partial charge on any atom is 0.416 e. The third-order valence-corrected chi connectivity index (χ3v) is 10.3. The molecule has 0 bridgehead atoms. The fraction of sp³-hybridized carbons (Fsp3) is 0.250. The summed E-state index contributed by atoms with van der Waals surface area (Å²) in [7, 11) is 0. The smallest absolute Gasteiger partial charge is 0.335 e. The summed E-state index contributed by atoms with van der Waals surface area (Å²) in [6.45, 7) is 12.8. The lowest BCUT2D eigenvalue weighted by atomic mass is 9.69. The van der Waals surface area contributed by atoms with Crippen LogP contribution in [0.1, 0.15) is 50.3 Å². The maximum absolute atomic E-state index is 14.4. The van der Waals surface area contributed by atoms with E-state index >= 15 is 0 Å². The van der Waals surface area contributed by atoms with Gasteiger partial charge in [-0.1, -0.05) is 112 Å². The first-order chi connectivity index (χ1) is 22.2. The summed E-state index contributed by atoms with van der Waals surface area (Å²) < 4.78 is 43.3. The Morgan fingerprint density at radius 1 is 0.826 bits per heavy atom. The summed E-state index contributed by atoms with van der Waals surface area (Å²) in [5.74, 6) is 0. The molecular weight excluding hydrogens is 598 g/mol. The zero-order chi connectivity index (χ0) is 32.5. The Hall–Kier alpha value is -4.00. The number of allylic oxidation sites excluding steroid dienone is 2. The van der Waals surface area contributed by atoms with Crippen LogP contribution < -0.4 is 10.2 Å². The van der Waals surface area contributed by atoms with Gasteiger partial charge in [0.2, 0.25) is 0 Å². The monoisotopic (exact) mass is 637 g/mol. The van der Waals surface area contributed by atoms with Crippen LogP contribution in [0.2, 0.25) is 0 Å². The summed E-state index contributed by atoms with van der Waals surface area (Å²) in [4.78, 5) is 3.55. The van der Waals surface area contributed by atoms with Crippen LogP contribution in [-0.2, 0) is 18.0 Å². The van der Waals surface area contributed by atoms with Gasteiger partial charge < -0.3 is 10.2 Å². The molecule has 236 valence electrons. The molecule has 2 N–H and O–H groups in total. The van der Waals surface area contributed by atoms with E-state index in [2.05, 4.69) is 97.7 Å². The lowest BCUT2D eigenvalue weighted by molar-refractivity contribution is -0.572. The second kappa shape index (κ2) is 13.0. The topological polar surface area (TPSA) is 19.9 Å². The van der Waals surface area contributed by atoms with E-state index in [0.717, 1.165) is 64.2 Å². The Morgan fingerprint density at radius 3 is 2.20 bits per heavy atom. The normalized spacial score (nSPS) is 15.4. The van der Waals surface area contributed by atoms with Crippen molar-refractivity contribution < 1.29 is 18.5 Å². The Labute approximate surface area is 274 Å². The molecule has 1 aliphatic heterocycles. The van der Waals surface area contributed by atoms with E-state index < -0.39 is 17.2 Å². The van der Waals surface area contributed by atoms with E-state index in [9.17, 15) is 13.2 Å². The van der Waals surface area contributed by atoms with E-state index in [4.69, 9.17) is 6.58 Å². The molecule has 0 aliphatic carbocycles. The highest BCUT2D eigenvalue weighted by atomic mass is 32.2. The van der Waals surface area contributed by atoms with Crippen molar-refractivity contribution in [3.8, 4) is 0 Å². The van der Waals surface area contributed by atoms with E-state index in [1.54, 1.807) is 23.9 Å². The molecule has 6 rings (SSSR count). The minimum Gasteiger partial charge on any atom is -0.335 e. The van der Waals surface area contributed by atoms with Gasteiger partial charge in [-0.05, 0) is 82.3 Å². The number of hydrogen-bond acceptors (Lipinski definition) is 2. The number of quaternary nitrogens is 1. The van der Waals surface area contributed by atoms with Gasteiger partial charge in [0.25, 0.3) is 0 Å². The summed E-state index contributed by atoms with van der Waals surface area (Å²) in [6.07, 6.45) is -0.252. The van der Waals surface area contributed by atoms with Crippen molar-refractivity contribution in [1.29, 1.82) is 0 Å². The van der Waals surface area contributed by atoms with Crippen molar-refractivity contribution >= 4 is 44.7 Å². The SMILES string of the molecule is C=C(C=C1Sc2c(ccc3ccccc23)N1CCC)C(C)(Cc1ccccc1C(F)(F)F)c1c([NH2+]CCC)ccc2ccccc12. The number of fused-ring (bicyclic) bond motifs is 4. The molecule has 1 unspecified atom stereocenters. The Balaban J connectivity index is 1.55. The molecule has 0 spiro atoms. The van der Waals surface area contributed by atoms with Crippen LogP contribution in [-0.4, -0.2) is 13.1 Å². The molecule has 0 radical (unpaired) electrons. The summed E-state index contributed by atoms with van der Waals surface area (Å²) in [5, 5.41) is 7.76. The minimum atomic E-state index is -4.46. The minimum absolute atomic E-state index is 0.153. The summed E-state index contributed by atoms with van der Waals surface area (Å²) >= 11 is 1.73. The summed E-state index contributed by atoms with van der Waals surface area (Å²) in [6, 6.07) is 31.2. The van der Waals surface area contributed by atoms with Crippen molar-refractivity contribution in [2.75, 3.05) is 18.0 Å². The molecule has 46 heavy (non-hydrogen) atoms. The fourth-order valence-electron chi connectivity index (χ4n) is 6.77. The molecule has 2 nitrogen and oxygen atoms in total. The zero-order valence-electron chi connectivity index (χ0n) is 26.6. The van der Waals surface area contributed by atoms with E-state index in [1.807, 2.05) is 12.1 Å². The van der Waals surface area contributed by atoms with Gasteiger partial charge in [0.05, 0.1) is 22.8 Å². The second-order valence-electron chi connectivity index (χ2n) is 12.3. The summed E-state index contributed by atoms with van der Waals surface area (Å²) in [5.41, 5.74) is 2.83. The Morgan fingerprint density at radius 2 is 1.48 bits per heavy atom. The van der Waals surface area contributed by atoms with Gasteiger partial charge in [-0.2, -0.15) is 13.2 Å². The van der Waals surface area contributed by atoms with Crippen LogP contribution in [0.4, 0.5) is 24.5 Å². The first kappa shape index (κ1) is 32.0. The van der Waals surface area contributed by atoms with Gasteiger partial charge in [0.1, 0.15) is 5.69 Å². The zero-order valence-corrected chi connectivity index (χ0v) is 27.4. The lowest BCUT2D eigenvalue weighted by Crippen LogP contribution is -2.78. The lowest BCUT2D eigenvalue weighted by Gasteiger charge is -2.35. The first-order valence-corrected chi connectivity index (χ1v) is 16.9. The molecule has 1 aliphatic rings. The molecule has 0 amide bonds. The Kier molecular flexibility index (Phi) is 9.04. The number of rotatable bonds is 10. The molecule has 5 aromatic carbocycles. The average Bonchev–Trinajstić information content (AvgIpc) is 3.40. The quantitative estimate of drug-likeness (QED) is 0.154. The molecule has 1 heterocycles. The molecule has 0 saturated carbocycles. The number of nitrogens with two attached hydrogens (primary N) is 1. The molecular formula is C40H40F3N2S+. The molecule has 0 fully saturated rings. The van der Waals surface area contributed by atoms with Crippen LogP contribution >= 0.6 is 11.8 Å². The number of benzene rings is 5. The predicted molar refractivity (Wildman–Crippen MR) is 188 cm³/mol. The maximum atomic E-state index is 14.4. The highest BCUT2D eigenvalue weighted by Gasteiger charge is 2.40. The molecule has 5 aromatic rings. The average molecular weight is 638 g/mol. The first-order valence-electron chi connectivity index (χ1n) is 16.0. The molecule has 0 aromatic heterocycles. The van der Waals surface area contributed by atoms with E-state index in [-0.39, 0.29) is 12.0 Å². The number of thioether (sulfide) groups is 1. The second-order valence-corrected chi connectivity index (χ2v) is 13.3. The third kappa shape index (κ3) is 5.96. The third-order valence-electron chi connectivity index (χ3n) is 9.11. The standard InChI is InChI=1S/C40H39F3N2S/c1-5-23-44-34-21-19-28-13-7-10-16-31(28)37(34)39(4,26-30-15-9-12-18-33(30)40(41,42)43)27(3)25-36-45(24-6-2)35-22-20-29-14-8-11-17-32(29)38(35)46-36/h7-22,25,44H,3,5-6,23-24,26H2,1-2,4H3/p+1. The van der Waals surface area contributed by atoms with Gasteiger partial charge >= 0.3 is 6.18 Å². The number of nitrogens with zero attached hydrogens (tertiary/aromatic N) is 1. The van der Waals surface area contributed by atoms with Crippen LogP contribution in [0.15, 0.2) is 125 Å². The van der Waals surface area contributed by atoms with Gasteiger partial charge in [0, 0.05) is 22.4 Å². The van der Waals surface area contributed by atoms with Gasteiger partial charge in [-0.25, -0.2) is 0 Å². The molecule has 1 atom stereocenters. The van der Waals surface area contributed by atoms with Crippen LogP contribution in [0, 0.1) is 0 Å². The van der Waals surface area contributed by atoms with Crippen LogP contribution in [0.25, 0.3) is 21.5 Å². The van der Waals surface area contributed by atoms with Gasteiger partial charge in [-0.15, -0.1) is 0 Å². The molecule has 0 saturated heterocycles. The fourth-order valence-corrected chi connectivity index (χ4v) is 8.06. The molecule has 6 heteroatoms. The van der Waals surface area contributed by atoms with Crippen molar-refractivity contribution in [3.05, 3.63) is 137 Å². The number of halogens is 3. The van der Waals surface area contributed by atoms with E-state index in [0.29, 0.717) is 0 Å². The van der Waals surface area contributed by atoms with Gasteiger partial charge in [0.15, 0.2) is 0 Å². The highest BCUT2D eigenvalue weighted by molar-refractivity contribution is 8.04. The van der Waals surface area contributed by atoms with Crippen molar-refractivity contribution in [3.63, 3.8) is 0 Å².